The maximum atomic E-state index is 5.59. The van der Waals surface area contributed by atoms with Crippen molar-refractivity contribution in [2.24, 2.45) is 4.99 Å². The third-order valence-electron chi connectivity index (χ3n) is 1.47. The zero-order valence-electron chi connectivity index (χ0n) is 5.22. The van der Waals surface area contributed by atoms with Gasteiger partial charge >= 0.3 is 0 Å². The van der Waals surface area contributed by atoms with E-state index in [-0.39, 0.29) is 0 Å². The molecule has 0 N–H and O–H groups in total. The molecule has 0 aliphatic carbocycles. The van der Waals surface area contributed by atoms with Gasteiger partial charge in [-0.15, -0.1) is 0 Å². The molecule has 0 aromatic rings. The van der Waals surface area contributed by atoms with Crippen molar-refractivity contribution in [3.8, 4) is 0 Å². The molecule has 0 bridgehead atoms. The molecule has 1 atom stereocenters. The van der Waals surface area contributed by atoms with Crippen LogP contribution in [-0.2, 0) is 0 Å². The summed E-state index contributed by atoms with van der Waals surface area (Å²) in [6.45, 7) is 2.90. The average Bonchev–Trinajstić information content (AvgIpc) is 1.77. The Kier molecular flexibility index (Phi) is 1.71. The van der Waals surface area contributed by atoms with Gasteiger partial charge in [0.15, 0.2) is 0 Å². The molecule has 0 aromatic carbocycles. The second-order valence-electron chi connectivity index (χ2n) is 2.37. The topological polar surface area (TPSA) is 12.4 Å². The van der Waals surface area contributed by atoms with E-state index in [1.807, 2.05) is 0 Å². The molecule has 0 saturated carbocycles. The molecule has 0 aromatic heterocycles. The van der Waals surface area contributed by atoms with Crippen LogP contribution in [0.4, 0.5) is 0 Å². The zero-order valence-corrected chi connectivity index (χ0v) is 5.22. The van der Waals surface area contributed by atoms with Gasteiger partial charge in [0.05, 0.1) is 7.85 Å². The Morgan fingerprint density at radius 1 is 1.75 bits per heavy atom. The monoisotopic (exact) mass is 107 g/mol. The molecule has 0 spiro atoms. The van der Waals surface area contributed by atoms with Crippen LogP contribution >= 0.6 is 0 Å². The third-order valence-corrected chi connectivity index (χ3v) is 1.47. The highest BCUT2D eigenvalue weighted by molar-refractivity contribution is 6.12. The number of nitrogens with zero attached hydrogens (tertiary/aromatic N) is 1. The summed E-state index contributed by atoms with van der Waals surface area (Å²) in [5.41, 5.74) is 1.26. The summed E-state index contributed by atoms with van der Waals surface area (Å²) in [5, 5.41) is 0. The first kappa shape index (κ1) is 5.86. The molecule has 1 unspecified atom stereocenters. The van der Waals surface area contributed by atoms with Gasteiger partial charge in [-0.3, -0.25) is 4.99 Å². The molecule has 1 rings (SSSR count). The molecule has 2 radical (unpaired) electrons. The molecule has 1 aliphatic heterocycles. The Balaban J connectivity index is 2.42. The summed E-state index contributed by atoms with van der Waals surface area (Å²) in [4.78, 5) is 4.20. The van der Waals surface area contributed by atoms with Crippen LogP contribution < -0.4 is 0 Å². The first-order valence-corrected chi connectivity index (χ1v) is 3.04. The Bertz CT molecular complexity index is 109. The SMILES string of the molecule is [B]C1CCC(C)=NC1. The minimum absolute atomic E-state index is 0.332. The van der Waals surface area contributed by atoms with Crippen molar-refractivity contribution in [1.82, 2.24) is 0 Å². The van der Waals surface area contributed by atoms with Gasteiger partial charge in [-0.2, -0.15) is 0 Å². The number of hydrogen-bond acceptors (Lipinski definition) is 1. The van der Waals surface area contributed by atoms with E-state index in [1.54, 1.807) is 0 Å². The highest BCUT2D eigenvalue weighted by atomic mass is 14.7. The van der Waals surface area contributed by atoms with Crippen LogP contribution in [0.25, 0.3) is 0 Å². The highest BCUT2D eigenvalue weighted by Crippen LogP contribution is 2.14. The van der Waals surface area contributed by atoms with Crippen molar-refractivity contribution >= 4 is 13.6 Å². The van der Waals surface area contributed by atoms with Crippen LogP contribution in [0.3, 0.4) is 0 Å². The first-order chi connectivity index (χ1) is 3.79. The molecule has 2 heteroatoms. The van der Waals surface area contributed by atoms with Crippen LogP contribution in [0.1, 0.15) is 19.8 Å². The molecule has 1 nitrogen and oxygen atoms in total. The molecule has 0 saturated heterocycles. The molecule has 1 aliphatic rings. The lowest BCUT2D eigenvalue weighted by atomic mass is 9.81. The van der Waals surface area contributed by atoms with Crippen LogP contribution in [0, 0.1) is 0 Å². The third kappa shape index (κ3) is 1.36. The molecule has 1 heterocycles. The van der Waals surface area contributed by atoms with Crippen LogP contribution in [0.2, 0.25) is 5.82 Å². The van der Waals surface area contributed by atoms with Gasteiger partial charge in [0.2, 0.25) is 0 Å². The molecular weight excluding hydrogens is 96.9 g/mol. The molecule has 0 amide bonds. The summed E-state index contributed by atoms with van der Waals surface area (Å²) in [6, 6.07) is 0. The Hall–Kier alpha value is -0.265. The van der Waals surface area contributed by atoms with Crippen molar-refractivity contribution in [2.75, 3.05) is 6.54 Å². The van der Waals surface area contributed by atoms with Crippen molar-refractivity contribution in [2.45, 2.75) is 25.6 Å². The minimum Gasteiger partial charge on any atom is -0.295 e. The van der Waals surface area contributed by atoms with Gasteiger partial charge in [-0.05, 0) is 13.3 Å². The molecule has 0 fully saturated rings. The first-order valence-electron chi connectivity index (χ1n) is 3.04. The van der Waals surface area contributed by atoms with E-state index in [0.717, 1.165) is 19.4 Å². The number of aliphatic imine (C=N–C) groups is 1. The van der Waals surface area contributed by atoms with Crippen LogP contribution in [-0.4, -0.2) is 20.1 Å². The summed E-state index contributed by atoms with van der Waals surface area (Å²) in [5.74, 6) is 0.332. The standard InChI is InChI=1S/C6H10BN/c1-5-2-3-6(7)4-8-5/h6H,2-4H2,1H3. The summed E-state index contributed by atoms with van der Waals surface area (Å²) >= 11 is 0. The van der Waals surface area contributed by atoms with Gasteiger partial charge in [0.1, 0.15) is 0 Å². The predicted octanol–water partition coefficient (Wildman–Crippen LogP) is 1.20. The largest absolute Gasteiger partial charge is 0.295 e. The van der Waals surface area contributed by atoms with Gasteiger partial charge < -0.3 is 0 Å². The summed E-state index contributed by atoms with van der Waals surface area (Å²) in [6.07, 6.45) is 2.22. The van der Waals surface area contributed by atoms with Gasteiger partial charge in [-0.1, -0.05) is 12.2 Å². The maximum absolute atomic E-state index is 5.59. The lowest BCUT2D eigenvalue weighted by Crippen LogP contribution is -2.08. The van der Waals surface area contributed by atoms with Crippen molar-refractivity contribution < 1.29 is 0 Å². The lowest BCUT2D eigenvalue weighted by molar-refractivity contribution is 0.733. The predicted molar refractivity (Wildman–Crippen MR) is 36.7 cm³/mol. The van der Waals surface area contributed by atoms with E-state index in [1.165, 1.54) is 5.71 Å². The lowest BCUT2D eigenvalue weighted by Gasteiger charge is -2.14. The minimum atomic E-state index is 0.332. The van der Waals surface area contributed by atoms with E-state index < -0.39 is 0 Å². The van der Waals surface area contributed by atoms with E-state index in [0.29, 0.717) is 5.82 Å². The quantitative estimate of drug-likeness (QED) is 0.412. The van der Waals surface area contributed by atoms with E-state index in [2.05, 4.69) is 11.9 Å². The summed E-state index contributed by atoms with van der Waals surface area (Å²) in [7, 11) is 5.59. The van der Waals surface area contributed by atoms with E-state index in [9.17, 15) is 0 Å². The fraction of sp³-hybridized carbons (Fsp3) is 0.833. The van der Waals surface area contributed by atoms with Crippen LogP contribution in [0.15, 0.2) is 4.99 Å². The van der Waals surface area contributed by atoms with Crippen molar-refractivity contribution in [1.29, 1.82) is 0 Å². The van der Waals surface area contributed by atoms with Gasteiger partial charge in [0.25, 0.3) is 0 Å². The Labute approximate surface area is 51.6 Å². The number of rotatable bonds is 0. The summed E-state index contributed by atoms with van der Waals surface area (Å²) < 4.78 is 0. The van der Waals surface area contributed by atoms with Crippen molar-refractivity contribution in [3.63, 3.8) is 0 Å². The van der Waals surface area contributed by atoms with Crippen LogP contribution in [0.5, 0.6) is 0 Å². The normalized spacial score (nSPS) is 29.6. The van der Waals surface area contributed by atoms with Gasteiger partial charge in [0, 0.05) is 12.3 Å². The number of hydrogen-bond donors (Lipinski definition) is 0. The second-order valence-corrected chi connectivity index (χ2v) is 2.37. The fourth-order valence-electron chi connectivity index (χ4n) is 0.838. The fourth-order valence-corrected chi connectivity index (χ4v) is 0.838. The van der Waals surface area contributed by atoms with Crippen molar-refractivity contribution in [3.05, 3.63) is 0 Å². The molecule has 42 valence electrons. The zero-order chi connectivity index (χ0) is 5.98. The van der Waals surface area contributed by atoms with Gasteiger partial charge in [-0.25, -0.2) is 0 Å². The second kappa shape index (κ2) is 2.34. The van der Waals surface area contributed by atoms with E-state index >= 15 is 0 Å². The van der Waals surface area contributed by atoms with E-state index in [4.69, 9.17) is 7.85 Å². The Morgan fingerprint density at radius 2 is 2.50 bits per heavy atom. The molecule has 8 heavy (non-hydrogen) atoms. The average molecular weight is 107 g/mol. The highest BCUT2D eigenvalue weighted by Gasteiger charge is 2.06. The smallest absolute Gasteiger partial charge is 0.0724 e. The Morgan fingerprint density at radius 3 is 2.88 bits per heavy atom. The molecular formula is C6H10BN. The maximum Gasteiger partial charge on any atom is 0.0724 e.